The maximum Gasteiger partial charge on any atom is 0.435 e. The van der Waals surface area contributed by atoms with Crippen molar-refractivity contribution < 1.29 is 14.0 Å². The summed E-state index contributed by atoms with van der Waals surface area (Å²) >= 11 is 3.29. The summed E-state index contributed by atoms with van der Waals surface area (Å²) in [6.07, 6.45) is 7.29. The fourth-order valence-electron chi connectivity index (χ4n) is 3.12. The molecule has 1 atom stereocenters. The van der Waals surface area contributed by atoms with Crippen LogP contribution in [-0.2, 0) is 15.7 Å². The fraction of sp³-hybridized carbons (Fsp3) is 0.800. The summed E-state index contributed by atoms with van der Waals surface area (Å²) in [7, 11) is -3.23. The van der Waals surface area contributed by atoms with E-state index < -0.39 is 12.6 Å². The number of nitro groups is 1. The van der Waals surface area contributed by atoms with Gasteiger partial charge in [-0.05, 0) is 37.0 Å². The van der Waals surface area contributed by atoms with Gasteiger partial charge in [0.15, 0.2) is 0 Å². The van der Waals surface area contributed by atoms with E-state index in [1.807, 2.05) is 6.92 Å². The molecule has 0 spiro atoms. The van der Waals surface area contributed by atoms with Gasteiger partial charge in [-0.3, -0.25) is 9.09 Å². The zero-order chi connectivity index (χ0) is 19.0. The van der Waals surface area contributed by atoms with E-state index in [1.165, 1.54) is 6.20 Å². The number of alkyl halides is 1. The summed E-state index contributed by atoms with van der Waals surface area (Å²) in [6, 6.07) is 0.0451. The van der Waals surface area contributed by atoms with Gasteiger partial charge < -0.3 is 10.1 Å². The lowest BCUT2D eigenvalue weighted by molar-refractivity contribution is -0.397. The first kappa shape index (κ1) is 21.5. The van der Waals surface area contributed by atoms with Gasteiger partial charge in [-0.25, -0.2) is 14.7 Å². The Morgan fingerprint density at radius 2 is 2.08 bits per heavy atom. The Morgan fingerprint density at radius 1 is 1.38 bits per heavy atom. The van der Waals surface area contributed by atoms with Gasteiger partial charge in [-0.2, -0.15) is 0 Å². The number of nitrogens with zero attached hydrogens (tertiary/aromatic N) is 3. The third-order valence-corrected chi connectivity index (χ3v) is 6.50. The van der Waals surface area contributed by atoms with Gasteiger partial charge in [0.25, 0.3) is 0 Å². The predicted octanol–water partition coefficient (Wildman–Crippen LogP) is 3.91. The van der Waals surface area contributed by atoms with Gasteiger partial charge in [-0.1, -0.05) is 34.3 Å². The van der Waals surface area contributed by atoms with Gasteiger partial charge in [0.2, 0.25) is 0 Å². The number of hydrogen-bond donors (Lipinski definition) is 2. The second-order valence-corrected chi connectivity index (χ2v) is 9.09. The van der Waals surface area contributed by atoms with Crippen molar-refractivity contribution in [2.75, 3.05) is 18.4 Å². The third-order valence-electron chi connectivity index (χ3n) is 4.34. The van der Waals surface area contributed by atoms with Crippen molar-refractivity contribution in [1.29, 1.82) is 0 Å². The van der Waals surface area contributed by atoms with Crippen LogP contribution < -0.4 is 10.2 Å². The van der Waals surface area contributed by atoms with E-state index >= 15 is 0 Å². The van der Waals surface area contributed by atoms with Crippen LogP contribution in [0.15, 0.2) is 6.20 Å². The highest BCUT2D eigenvalue weighted by Crippen LogP contribution is 2.39. The van der Waals surface area contributed by atoms with Crippen molar-refractivity contribution in [3.8, 4) is 0 Å². The van der Waals surface area contributed by atoms with Crippen LogP contribution in [0.25, 0.3) is 0 Å². The van der Waals surface area contributed by atoms with Crippen molar-refractivity contribution in [2.45, 2.75) is 58.1 Å². The maximum atomic E-state index is 12.9. The van der Waals surface area contributed by atoms with Gasteiger partial charge in [0.1, 0.15) is 18.5 Å². The van der Waals surface area contributed by atoms with E-state index in [4.69, 9.17) is 4.52 Å². The van der Waals surface area contributed by atoms with Crippen molar-refractivity contribution >= 4 is 29.5 Å². The van der Waals surface area contributed by atoms with E-state index in [0.717, 1.165) is 38.5 Å². The molecule has 0 saturated heterocycles. The van der Waals surface area contributed by atoms with Crippen molar-refractivity contribution in [3.05, 3.63) is 22.0 Å². The largest absolute Gasteiger partial charge is 0.435 e. The van der Waals surface area contributed by atoms with E-state index in [2.05, 4.69) is 31.1 Å². The molecule has 9 nitrogen and oxygen atoms in total. The molecule has 2 N–H and O–H groups in total. The first-order chi connectivity index (χ1) is 12.5. The maximum absolute atomic E-state index is 12.9. The van der Waals surface area contributed by atoms with Crippen LogP contribution in [0.5, 0.6) is 0 Å². The lowest BCUT2D eigenvalue weighted by Crippen LogP contribution is -2.26. The number of hydrogen-bond acceptors (Lipinski definition) is 5. The van der Waals surface area contributed by atoms with Gasteiger partial charge in [0, 0.05) is 18.4 Å². The second-order valence-electron chi connectivity index (χ2n) is 6.30. The third kappa shape index (κ3) is 5.85. The van der Waals surface area contributed by atoms with Crippen LogP contribution in [-0.4, -0.2) is 32.9 Å². The minimum absolute atomic E-state index is 0.000613. The summed E-state index contributed by atoms with van der Waals surface area (Å²) in [5.41, 5.74) is 0.586. The highest BCUT2D eigenvalue weighted by molar-refractivity contribution is 9.09. The van der Waals surface area contributed by atoms with Gasteiger partial charge in [-0.15, -0.1) is 0 Å². The zero-order valence-electron chi connectivity index (χ0n) is 15.0. The number of halogens is 1. The predicted molar refractivity (Wildman–Crippen MR) is 103 cm³/mol. The molecule has 1 saturated carbocycles. The number of rotatable bonds is 11. The van der Waals surface area contributed by atoms with E-state index in [9.17, 15) is 14.7 Å². The van der Waals surface area contributed by atoms with Crippen LogP contribution in [0.4, 0.5) is 5.95 Å². The lowest BCUT2D eigenvalue weighted by Gasteiger charge is -2.23. The average molecular weight is 452 g/mol. The van der Waals surface area contributed by atoms with Gasteiger partial charge in [0.05, 0.1) is 6.04 Å². The molecule has 1 fully saturated rings. The SMILES string of the molecule is CCCNP(=O)(NCCBr)OCc1cnc([N+](=O)[O-])n1C1CCCCC1. The molecule has 0 radical (unpaired) electrons. The molecule has 11 heteroatoms. The van der Waals surface area contributed by atoms with E-state index in [1.54, 1.807) is 4.57 Å². The molecular weight excluding hydrogens is 425 g/mol. The minimum Gasteiger partial charge on any atom is -0.390 e. The summed E-state index contributed by atoms with van der Waals surface area (Å²) in [5.74, 6) is -0.166. The second kappa shape index (κ2) is 10.5. The molecule has 0 aliphatic heterocycles. The Morgan fingerprint density at radius 3 is 2.69 bits per heavy atom. The number of aromatic nitrogens is 2. The topological polar surface area (TPSA) is 111 Å². The first-order valence-electron chi connectivity index (χ1n) is 9.02. The molecular formula is C15H27BrN5O4P. The summed E-state index contributed by atoms with van der Waals surface area (Å²) in [5, 5.41) is 17.8. The Bertz CT molecular complexity index is 624. The lowest BCUT2D eigenvalue weighted by atomic mass is 9.95. The highest BCUT2D eigenvalue weighted by atomic mass is 79.9. The van der Waals surface area contributed by atoms with Crippen LogP contribution in [0.3, 0.4) is 0 Å². The molecule has 1 unspecified atom stereocenters. The van der Waals surface area contributed by atoms with Crippen LogP contribution in [0.1, 0.15) is 57.2 Å². The van der Waals surface area contributed by atoms with Crippen LogP contribution in [0, 0.1) is 10.1 Å². The van der Waals surface area contributed by atoms with Crippen LogP contribution in [0.2, 0.25) is 0 Å². The van der Waals surface area contributed by atoms with E-state index in [0.29, 0.717) is 24.1 Å². The molecule has 1 aliphatic carbocycles. The molecule has 1 aliphatic rings. The molecule has 0 aromatic carbocycles. The zero-order valence-corrected chi connectivity index (χ0v) is 17.5. The molecule has 0 amide bonds. The Balaban J connectivity index is 2.16. The summed E-state index contributed by atoms with van der Waals surface area (Å²) < 4.78 is 20.2. The van der Waals surface area contributed by atoms with Gasteiger partial charge >= 0.3 is 13.6 Å². The summed E-state index contributed by atoms with van der Waals surface area (Å²) in [6.45, 7) is 3.01. The molecule has 1 heterocycles. The Labute approximate surface area is 162 Å². The molecule has 1 aromatic rings. The Hall–Kier alpha value is -0.800. The fourth-order valence-corrected chi connectivity index (χ4v) is 5.15. The molecule has 26 heavy (non-hydrogen) atoms. The van der Waals surface area contributed by atoms with Crippen molar-refractivity contribution in [1.82, 2.24) is 19.7 Å². The number of imidazole rings is 1. The first-order valence-corrected chi connectivity index (χ1v) is 11.8. The highest BCUT2D eigenvalue weighted by Gasteiger charge is 2.31. The molecule has 2 rings (SSSR count). The summed E-state index contributed by atoms with van der Waals surface area (Å²) in [4.78, 5) is 14.9. The minimum atomic E-state index is -3.23. The monoisotopic (exact) mass is 451 g/mol. The van der Waals surface area contributed by atoms with E-state index in [-0.39, 0.29) is 18.6 Å². The van der Waals surface area contributed by atoms with Crippen LogP contribution >= 0.6 is 23.6 Å². The number of nitrogens with one attached hydrogen (secondary N) is 2. The van der Waals surface area contributed by atoms with Crippen molar-refractivity contribution in [3.63, 3.8) is 0 Å². The quantitative estimate of drug-likeness (QED) is 0.227. The average Bonchev–Trinajstić information content (AvgIpc) is 3.08. The Kier molecular flexibility index (Phi) is 8.69. The molecule has 148 valence electrons. The molecule has 1 aromatic heterocycles. The molecule has 0 bridgehead atoms. The normalized spacial score (nSPS) is 17.9. The van der Waals surface area contributed by atoms with Crippen molar-refractivity contribution in [2.24, 2.45) is 0 Å². The standard InChI is InChI=1S/C15H27BrN5O4P/c1-2-9-18-26(24,19-10-8-16)25-12-14-11-17-15(21(22)23)20(14)13-6-4-3-5-7-13/h11,13H,2-10,12H2,1H3,(H2,18,19,24). The smallest absolute Gasteiger partial charge is 0.390 e.